The summed E-state index contributed by atoms with van der Waals surface area (Å²) >= 11 is 0. The molecule has 0 unspecified atom stereocenters. The van der Waals surface area contributed by atoms with Gasteiger partial charge in [-0.15, -0.1) is 0 Å². The van der Waals surface area contributed by atoms with E-state index in [0.29, 0.717) is 24.4 Å². The van der Waals surface area contributed by atoms with Crippen LogP contribution in [0.1, 0.15) is 24.0 Å². The molecule has 0 bridgehead atoms. The number of benzene rings is 2. The zero-order chi connectivity index (χ0) is 18.9. The number of rotatable bonds is 5. The van der Waals surface area contributed by atoms with E-state index in [4.69, 9.17) is 4.74 Å². The van der Waals surface area contributed by atoms with Crippen molar-refractivity contribution < 1.29 is 17.9 Å². The van der Waals surface area contributed by atoms with Crippen LogP contribution in [0.15, 0.2) is 41.3 Å². The van der Waals surface area contributed by atoms with E-state index < -0.39 is 10.0 Å². The Morgan fingerprint density at radius 1 is 1.08 bits per heavy atom. The maximum Gasteiger partial charge on any atom is 0.261 e. The number of nitrogens with one attached hydrogen (secondary N) is 1. The van der Waals surface area contributed by atoms with E-state index in [0.717, 1.165) is 23.2 Å². The minimum absolute atomic E-state index is 0.0995. The number of carbonyl (C=O) groups excluding carboxylic acids is 1. The van der Waals surface area contributed by atoms with Gasteiger partial charge in [-0.05, 0) is 67.8 Å². The molecule has 0 aliphatic carbocycles. The van der Waals surface area contributed by atoms with Crippen molar-refractivity contribution in [3.63, 3.8) is 0 Å². The van der Waals surface area contributed by atoms with Gasteiger partial charge in [0.15, 0.2) is 0 Å². The fourth-order valence-electron chi connectivity index (χ4n) is 3.23. The van der Waals surface area contributed by atoms with Crippen LogP contribution in [0.5, 0.6) is 5.75 Å². The van der Waals surface area contributed by atoms with Crippen LogP contribution < -0.4 is 14.4 Å². The number of nitrogens with zero attached hydrogens (tertiary/aromatic N) is 1. The van der Waals surface area contributed by atoms with Crippen LogP contribution in [-0.4, -0.2) is 28.0 Å². The van der Waals surface area contributed by atoms with Gasteiger partial charge in [-0.2, -0.15) is 0 Å². The van der Waals surface area contributed by atoms with E-state index in [1.54, 1.807) is 48.4 Å². The lowest BCUT2D eigenvalue weighted by Gasteiger charge is -2.16. The highest BCUT2D eigenvalue weighted by atomic mass is 32.2. The molecular weight excluding hydrogens is 352 g/mol. The summed E-state index contributed by atoms with van der Waals surface area (Å²) in [6.07, 6.45) is 1.41. The molecule has 1 heterocycles. The molecule has 1 N–H and O–H groups in total. The number of aryl methyl sites for hydroxylation is 2. The Kier molecular flexibility index (Phi) is 4.91. The number of amides is 1. The van der Waals surface area contributed by atoms with Crippen LogP contribution in [0.4, 0.5) is 11.4 Å². The molecule has 1 amide bonds. The average molecular weight is 374 g/mol. The van der Waals surface area contributed by atoms with Crippen molar-refractivity contribution in [2.45, 2.75) is 31.6 Å². The van der Waals surface area contributed by atoms with Gasteiger partial charge in [0.2, 0.25) is 5.91 Å². The highest BCUT2D eigenvalue weighted by molar-refractivity contribution is 7.92. The van der Waals surface area contributed by atoms with E-state index in [-0.39, 0.29) is 10.8 Å². The van der Waals surface area contributed by atoms with Crippen molar-refractivity contribution in [1.82, 2.24) is 0 Å². The van der Waals surface area contributed by atoms with Gasteiger partial charge in [-0.3, -0.25) is 9.52 Å². The molecule has 0 atom stereocenters. The first kappa shape index (κ1) is 18.3. The first-order valence-electron chi connectivity index (χ1n) is 8.40. The van der Waals surface area contributed by atoms with Crippen LogP contribution in [0, 0.1) is 13.8 Å². The molecule has 0 saturated carbocycles. The molecule has 0 aromatic heterocycles. The second-order valence-corrected chi connectivity index (χ2v) is 8.07. The summed E-state index contributed by atoms with van der Waals surface area (Å²) in [5.74, 6) is 0.783. The van der Waals surface area contributed by atoms with E-state index >= 15 is 0 Å². The smallest absolute Gasteiger partial charge is 0.261 e. The third-order valence-corrected chi connectivity index (χ3v) is 5.81. The highest BCUT2D eigenvalue weighted by Crippen LogP contribution is 2.28. The molecule has 3 rings (SSSR count). The molecule has 7 heteroatoms. The molecular formula is C19H22N2O4S. The molecule has 6 nitrogen and oxygen atoms in total. The normalized spacial score (nSPS) is 14.6. The van der Waals surface area contributed by atoms with Gasteiger partial charge >= 0.3 is 0 Å². The van der Waals surface area contributed by atoms with Gasteiger partial charge in [-0.25, -0.2) is 8.42 Å². The van der Waals surface area contributed by atoms with E-state index in [2.05, 4.69) is 4.72 Å². The summed E-state index contributed by atoms with van der Waals surface area (Å²) in [6, 6.07) is 10.0. The number of methoxy groups -OCH3 is 1. The van der Waals surface area contributed by atoms with Crippen molar-refractivity contribution in [2.75, 3.05) is 23.3 Å². The molecule has 0 radical (unpaired) electrons. The summed E-state index contributed by atoms with van der Waals surface area (Å²) < 4.78 is 33.2. The first-order chi connectivity index (χ1) is 12.3. The maximum atomic E-state index is 12.7. The van der Waals surface area contributed by atoms with Crippen molar-refractivity contribution in [1.29, 1.82) is 0 Å². The second kappa shape index (κ2) is 6.99. The topological polar surface area (TPSA) is 75.7 Å². The summed E-state index contributed by atoms with van der Waals surface area (Å²) in [5.41, 5.74) is 2.75. The SMILES string of the molecule is COc1c(C)cc(S(=O)(=O)Nc2ccc(N3CCCC3=O)cc2)cc1C. The van der Waals surface area contributed by atoms with Gasteiger partial charge in [0.1, 0.15) is 5.75 Å². The van der Waals surface area contributed by atoms with Crippen LogP contribution in [-0.2, 0) is 14.8 Å². The van der Waals surface area contributed by atoms with Crippen molar-refractivity contribution in [3.8, 4) is 5.75 Å². The van der Waals surface area contributed by atoms with Gasteiger partial charge < -0.3 is 9.64 Å². The largest absolute Gasteiger partial charge is 0.496 e. The lowest BCUT2D eigenvalue weighted by Crippen LogP contribution is -2.23. The van der Waals surface area contributed by atoms with Crippen LogP contribution >= 0.6 is 0 Å². The van der Waals surface area contributed by atoms with Crippen LogP contribution in [0.25, 0.3) is 0 Å². The molecule has 1 aliphatic heterocycles. The minimum Gasteiger partial charge on any atom is -0.496 e. The predicted molar refractivity (Wildman–Crippen MR) is 101 cm³/mol. The van der Waals surface area contributed by atoms with Gasteiger partial charge in [0.05, 0.1) is 12.0 Å². The van der Waals surface area contributed by atoms with Crippen LogP contribution in [0.2, 0.25) is 0 Å². The van der Waals surface area contributed by atoms with Crippen LogP contribution in [0.3, 0.4) is 0 Å². The van der Waals surface area contributed by atoms with Crippen molar-refractivity contribution >= 4 is 27.3 Å². The summed E-state index contributed by atoms with van der Waals surface area (Å²) in [7, 11) is -2.15. The van der Waals surface area contributed by atoms with Gasteiger partial charge in [-0.1, -0.05) is 0 Å². The Bertz CT molecular complexity index is 914. The molecule has 1 aliphatic rings. The number of carbonyl (C=O) groups is 1. The molecule has 1 saturated heterocycles. The number of hydrogen-bond donors (Lipinski definition) is 1. The summed E-state index contributed by atoms with van der Waals surface area (Å²) in [6.45, 7) is 4.33. The fraction of sp³-hybridized carbons (Fsp3) is 0.316. The first-order valence-corrected chi connectivity index (χ1v) is 9.88. The Hall–Kier alpha value is -2.54. The lowest BCUT2D eigenvalue weighted by molar-refractivity contribution is -0.117. The van der Waals surface area contributed by atoms with Gasteiger partial charge in [0, 0.05) is 24.3 Å². The third-order valence-electron chi connectivity index (χ3n) is 4.45. The van der Waals surface area contributed by atoms with E-state index in [1.807, 2.05) is 13.8 Å². The fourth-order valence-corrected chi connectivity index (χ4v) is 4.46. The quantitative estimate of drug-likeness (QED) is 0.872. The second-order valence-electron chi connectivity index (χ2n) is 6.39. The number of hydrogen-bond acceptors (Lipinski definition) is 4. The number of ether oxygens (including phenoxy) is 1. The Labute approximate surface area is 153 Å². The molecule has 26 heavy (non-hydrogen) atoms. The zero-order valence-corrected chi connectivity index (χ0v) is 15.9. The standard InChI is InChI=1S/C19H22N2O4S/c1-13-11-17(12-14(2)19(13)25-3)26(23,24)20-15-6-8-16(9-7-15)21-10-4-5-18(21)22/h6-9,11-12,20H,4-5,10H2,1-3H3. The molecule has 2 aromatic carbocycles. The maximum absolute atomic E-state index is 12.7. The average Bonchev–Trinajstić information content (AvgIpc) is 3.01. The summed E-state index contributed by atoms with van der Waals surface area (Å²) in [4.78, 5) is 13.7. The number of sulfonamides is 1. The third kappa shape index (κ3) is 3.53. The molecule has 138 valence electrons. The molecule has 0 spiro atoms. The Morgan fingerprint density at radius 3 is 2.19 bits per heavy atom. The van der Waals surface area contributed by atoms with Gasteiger partial charge in [0.25, 0.3) is 10.0 Å². The zero-order valence-electron chi connectivity index (χ0n) is 15.1. The Morgan fingerprint density at radius 2 is 1.69 bits per heavy atom. The number of anilines is 2. The predicted octanol–water partition coefficient (Wildman–Crippen LogP) is 3.24. The minimum atomic E-state index is -3.71. The van der Waals surface area contributed by atoms with Crippen molar-refractivity contribution in [3.05, 3.63) is 47.5 Å². The molecule has 2 aromatic rings. The van der Waals surface area contributed by atoms with E-state index in [1.165, 1.54) is 0 Å². The summed E-state index contributed by atoms with van der Waals surface area (Å²) in [5, 5.41) is 0. The lowest BCUT2D eigenvalue weighted by atomic mass is 10.1. The Balaban J connectivity index is 1.82. The van der Waals surface area contributed by atoms with Crippen molar-refractivity contribution in [2.24, 2.45) is 0 Å². The monoisotopic (exact) mass is 374 g/mol. The van der Waals surface area contributed by atoms with E-state index in [9.17, 15) is 13.2 Å². The molecule has 1 fully saturated rings. The highest BCUT2D eigenvalue weighted by Gasteiger charge is 2.22.